The van der Waals surface area contributed by atoms with Gasteiger partial charge in [0.1, 0.15) is 12.1 Å². The first kappa shape index (κ1) is 31.2. The molecule has 3 amide bonds. The molecular formula is C32H43N5O5. The number of benzene rings is 1. The number of rotatable bonds is 3. The topological polar surface area (TPSA) is 130 Å². The summed E-state index contributed by atoms with van der Waals surface area (Å²) in [6.45, 7) is 9.54. The molecule has 1 unspecified atom stereocenters. The van der Waals surface area contributed by atoms with Gasteiger partial charge in [-0.15, -0.1) is 0 Å². The fraction of sp³-hybridized carbons (Fsp3) is 0.531. The molecule has 2 aromatic rings. The maximum absolute atomic E-state index is 13.3. The molecular weight excluding hydrogens is 534 g/mol. The highest BCUT2D eigenvalue weighted by Gasteiger charge is 2.34. The zero-order valence-corrected chi connectivity index (χ0v) is 25.2. The van der Waals surface area contributed by atoms with Crippen molar-refractivity contribution >= 4 is 40.5 Å². The SMILES string of the molecule is CCC[C@@H]1C/C=C/c2cc3cc(ccc3cn2)[C@@H](C)NC(=O)[C@@H]2CCCN(N2)C(=O)[C@H](C)NC(=O)C(C(C)C)OC1=O. The third-order valence-corrected chi connectivity index (χ3v) is 7.91. The van der Waals surface area contributed by atoms with Gasteiger partial charge in [0, 0.05) is 18.1 Å². The minimum absolute atomic E-state index is 0.203. The number of cyclic esters (lactones) is 1. The lowest BCUT2D eigenvalue weighted by molar-refractivity contribution is -0.163. The molecule has 10 heteroatoms. The molecule has 42 heavy (non-hydrogen) atoms. The van der Waals surface area contributed by atoms with Crippen molar-refractivity contribution in [3.63, 3.8) is 0 Å². The van der Waals surface area contributed by atoms with Gasteiger partial charge in [0.05, 0.1) is 17.7 Å². The molecule has 226 valence electrons. The third-order valence-electron chi connectivity index (χ3n) is 7.91. The molecule has 2 aliphatic rings. The number of carbonyl (C=O) groups is 4. The Morgan fingerprint density at radius 2 is 1.79 bits per heavy atom. The molecule has 1 fully saturated rings. The lowest BCUT2D eigenvalue weighted by Gasteiger charge is -2.35. The summed E-state index contributed by atoms with van der Waals surface area (Å²) in [5, 5.41) is 9.17. The summed E-state index contributed by atoms with van der Waals surface area (Å²) in [7, 11) is 0. The summed E-state index contributed by atoms with van der Waals surface area (Å²) in [6, 6.07) is 6.26. The number of hydrogen-bond donors (Lipinski definition) is 3. The van der Waals surface area contributed by atoms with Crippen molar-refractivity contribution in [3.05, 3.63) is 47.8 Å². The summed E-state index contributed by atoms with van der Waals surface area (Å²) in [5.41, 5.74) is 4.75. The first-order valence-electron chi connectivity index (χ1n) is 15.0. The zero-order valence-electron chi connectivity index (χ0n) is 25.2. The van der Waals surface area contributed by atoms with E-state index in [4.69, 9.17) is 4.74 Å². The van der Waals surface area contributed by atoms with Crippen LogP contribution in [0.4, 0.5) is 0 Å². The van der Waals surface area contributed by atoms with Gasteiger partial charge in [0.25, 0.3) is 11.8 Å². The molecule has 3 heterocycles. The van der Waals surface area contributed by atoms with Crippen molar-refractivity contribution in [2.45, 2.75) is 91.0 Å². The van der Waals surface area contributed by atoms with E-state index in [-0.39, 0.29) is 23.8 Å². The van der Waals surface area contributed by atoms with Crippen molar-refractivity contribution in [1.29, 1.82) is 0 Å². The molecule has 3 N–H and O–H groups in total. The van der Waals surface area contributed by atoms with Crippen LogP contribution in [0.1, 0.15) is 84.0 Å². The molecule has 4 rings (SSSR count). The Kier molecular flexibility index (Phi) is 10.3. The van der Waals surface area contributed by atoms with Gasteiger partial charge in [-0.1, -0.05) is 45.4 Å². The van der Waals surface area contributed by atoms with E-state index in [1.165, 1.54) is 5.01 Å². The fourth-order valence-corrected chi connectivity index (χ4v) is 5.41. The van der Waals surface area contributed by atoms with Crippen LogP contribution < -0.4 is 16.1 Å². The molecule has 1 aromatic heterocycles. The van der Waals surface area contributed by atoms with E-state index in [1.807, 2.05) is 56.5 Å². The second kappa shape index (κ2) is 13.9. The minimum atomic E-state index is -1.04. The van der Waals surface area contributed by atoms with Crippen LogP contribution in [-0.4, -0.2) is 58.4 Å². The fourth-order valence-electron chi connectivity index (χ4n) is 5.41. The number of hydrazine groups is 1. The second-order valence-corrected chi connectivity index (χ2v) is 11.7. The molecule has 2 aliphatic heterocycles. The Labute approximate surface area is 247 Å². The molecule has 1 saturated heterocycles. The average Bonchev–Trinajstić information content (AvgIpc) is 2.97. The van der Waals surface area contributed by atoms with E-state index in [1.54, 1.807) is 20.8 Å². The molecule has 0 spiro atoms. The lowest BCUT2D eigenvalue weighted by atomic mass is 9.98. The Morgan fingerprint density at radius 1 is 1.02 bits per heavy atom. The highest BCUT2D eigenvalue weighted by Crippen LogP contribution is 2.23. The summed E-state index contributed by atoms with van der Waals surface area (Å²) in [6.07, 6.45) is 7.63. The van der Waals surface area contributed by atoms with E-state index >= 15 is 0 Å². The Balaban J connectivity index is 1.66. The van der Waals surface area contributed by atoms with Gasteiger partial charge in [-0.25, -0.2) is 5.43 Å². The summed E-state index contributed by atoms with van der Waals surface area (Å²) < 4.78 is 5.76. The Hall–Kier alpha value is -3.79. The van der Waals surface area contributed by atoms with E-state index in [9.17, 15) is 19.2 Å². The largest absolute Gasteiger partial charge is 0.452 e. The van der Waals surface area contributed by atoms with Crippen LogP contribution in [0.2, 0.25) is 0 Å². The van der Waals surface area contributed by atoms with Crippen molar-refractivity contribution in [3.8, 4) is 0 Å². The van der Waals surface area contributed by atoms with Crippen LogP contribution in [-0.2, 0) is 23.9 Å². The average molecular weight is 578 g/mol. The summed E-state index contributed by atoms with van der Waals surface area (Å²) >= 11 is 0. The highest BCUT2D eigenvalue weighted by molar-refractivity contribution is 5.91. The molecule has 10 nitrogen and oxygen atoms in total. The van der Waals surface area contributed by atoms with Gasteiger partial charge in [0.15, 0.2) is 6.10 Å². The predicted octanol–water partition coefficient (Wildman–Crippen LogP) is 3.81. The van der Waals surface area contributed by atoms with Crippen molar-refractivity contribution in [1.82, 2.24) is 26.1 Å². The molecule has 5 bridgehead atoms. The monoisotopic (exact) mass is 577 g/mol. The zero-order chi connectivity index (χ0) is 30.4. The van der Waals surface area contributed by atoms with Gasteiger partial charge in [-0.05, 0) is 74.6 Å². The number of hydrogen-bond acceptors (Lipinski definition) is 7. The number of carbonyl (C=O) groups excluding carboxylic acids is 4. The molecule has 0 saturated carbocycles. The van der Waals surface area contributed by atoms with Crippen molar-refractivity contribution < 1.29 is 23.9 Å². The minimum Gasteiger partial charge on any atom is -0.452 e. The Bertz CT molecular complexity index is 1340. The van der Waals surface area contributed by atoms with Crippen LogP contribution in [0.5, 0.6) is 0 Å². The number of amides is 3. The number of allylic oxidation sites excluding steroid dienone is 1. The Morgan fingerprint density at radius 3 is 2.52 bits per heavy atom. The number of esters is 1. The number of fused-ring (bicyclic) bond motifs is 4. The molecule has 1 aromatic carbocycles. The normalized spacial score (nSPS) is 27.3. The van der Waals surface area contributed by atoms with Gasteiger partial charge in [-0.2, -0.15) is 0 Å². The quantitative estimate of drug-likeness (QED) is 0.473. The molecule has 5 atom stereocenters. The number of nitrogens with one attached hydrogen (secondary N) is 3. The van der Waals surface area contributed by atoms with Crippen LogP contribution in [0.25, 0.3) is 16.8 Å². The maximum atomic E-state index is 13.3. The summed E-state index contributed by atoms with van der Waals surface area (Å²) in [5.74, 6) is -2.24. The standard InChI is InChI=1S/C32H43N5O5/c1-6-9-22-10-7-11-26-17-25-16-23(13-14-24(25)18-33-26)20(4)34-29(38)27-12-8-15-37(36-27)31(40)21(5)35-30(39)28(19(2)3)42-32(22)41/h7,11,13-14,16-22,27-28,36H,6,8-10,12,15H2,1-5H3,(H,34,38)(H,35,39)/b11-7+/t20-,21+,22-,27+,28?/m1/s1. The first-order chi connectivity index (χ1) is 20.1. The van der Waals surface area contributed by atoms with Crippen molar-refractivity contribution in [2.75, 3.05) is 6.54 Å². The maximum Gasteiger partial charge on any atom is 0.310 e. The second-order valence-electron chi connectivity index (χ2n) is 11.7. The highest BCUT2D eigenvalue weighted by atomic mass is 16.5. The third kappa shape index (κ3) is 7.53. The van der Waals surface area contributed by atoms with Gasteiger partial charge in [0.2, 0.25) is 5.91 Å². The van der Waals surface area contributed by atoms with Gasteiger partial charge >= 0.3 is 5.97 Å². The van der Waals surface area contributed by atoms with Gasteiger partial charge in [-0.3, -0.25) is 29.2 Å². The lowest BCUT2D eigenvalue weighted by Crippen LogP contribution is -2.61. The number of pyridine rings is 1. The summed E-state index contributed by atoms with van der Waals surface area (Å²) in [4.78, 5) is 57.5. The van der Waals surface area contributed by atoms with E-state index in [0.29, 0.717) is 32.2 Å². The molecule has 0 aliphatic carbocycles. The van der Waals surface area contributed by atoms with Crippen molar-refractivity contribution in [2.24, 2.45) is 11.8 Å². The number of aromatic nitrogens is 1. The number of ether oxygens (including phenoxy) is 1. The van der Waals surface area contributed by atoms with Crippen LogP contribution in [0.3, 0.4) is 0 Å². The number of nitrogens with zero attached hydrogens (tertiary/aromatic N) is 2. The van der Waals surface area contributed by atoms with Crippen LogP contribution in [0, 0.1) is 11.8 Å². The van der Waals surface area contributed by atoms with E-state index in [0.717, 1.165) is 28.5 Å². The van der Waals surface area contributed by atoms with E-state index in [2.05, 4.69) is 21.0 Å². The smallest absolute Gasteiger partial charge is 0.310 e. The van der Waals surface area contributed by atoms with Crippen LogP contribution in [0.15, 0.2) is 36.5 Å². The van der Waals surface area contributed by atoms with E-state index < -0.39 is 36.0 Å². The van der Waals surface area contributed by atoms with Gasteiger partial charge < -0.3 is 15.4 Å². The van der Waals surface area contributed by atoms with Crippen LogP contribution >= 0.6 is 0 Å². The first-order valence-corrected chi connectivity index (χ1v) is 15.0. The predicted molar refractivity (Wildman–Crippen MR) is 161 cm³/mol. The molecule has 0 radical (unpaired) electrons.